The fraction of sp³-hybridized carbons (Fsp3) is 0.263. The second kappa shape index (κ2) is 9.24. The Bertz CT molecular complexity index is 795. The summed E-state index contributed by atoms with van der Waals surface area (Å²) in [5.41, 5.74) is 2.50. The minimum absolute atomic E-state index is 0.125. The molecule has 3 amide bonds. The molecule has 2 aromatic carbocycles. The van der Waals surface area contributed by atoms with Crippen LogP contribution >= 0.6 is 15.9 Å². The van der Waals surface area contributed by atoms with Gasteiger partial charge in [-0.3, -0.25) is 4.79 Å². The summed E-state index contributed by atoms with van der Waals surface area (Å²) in [7, 11) is 1.58. The zero-order chi connectivity index (χ0) is 19.1. The average Bonchev–Trinajstić information content (AvgIpc) is 2.62. The van der Waals surface area contributed by atoms with Gasteiger partial charge in [-0.2, -0.15) is 0 Å². The van der Waals surface area contributed by atoms with Crippen molar-refractivity contribution >= 4 is 33.6 Å². The Morgan fingerprint density at radius 3 is 2.62 bits per heavy atom. The summed E-state index contributed by atoms with van der Waals surface area (Å²) in [4.78, 5) is 24.1. The minimum Gasteiger partial charge on any atom is -0.496 e. The number of carbonyl (C=O) groups excluding carboxylic acids is 2. The van der Waals surface area contributed by atoms with Crippen LogP contribution in [0.15, 0.2) is 46.9 Å². The van der Waals surface area contributed by atoms with Crippen molar-refractivity contribution in [1.82, 2.24) is 10.6 Å². The number of rotatable bonds is 6. The van der Waals surface area contributed by atoms with E-state index in [0.29, 0.717) is 11.4 Å². The van der Waals surface area contributed by atoms with Crippen LogP contribution in [-0.2, 0) is 4.79 Å². The van der Waals surface area contributed by atoms with E-state index in [4.69, 9.17) is 4.74 Å². The van der Waals surface area contributed by atoms with Crippen LogP contribution in [-0.4, -0.2) is 25.6 Å². The maximum atomic E-state index is 12.0. The number of hydrogen-bond acceptors (Lipinski definition) is 3. The van der Waals surface area contributed by atoms with Crippen LogP contribution in [0.25, 0.3) is 0 Å². The first-order valence-electron chi connectivity index (χ1n) is 8.14. The monoisotopic (exact) mass is 419 g/mol. The Morgan fingerprint density at radius 1 is 1.19 bits per heavy atom. The summed E-state index contributed by atoms with van der Waals surface area (Å²) in [5, 5.41) is 8.13. The van der Waals surface area contributed by atoms with Gasteiger partial charge in [0.25, 0.3) is 0 Å². The van der Waals surface area contributed by atoms with E-state index in [2.05, 4.69) is 31.9 Å². The molecule has 0 heterocycles. The van der Waals surface area contributed by atoms with Crippen LogP contribution in [0.5, 0.6) is 5.75 Å². The topological polar surface area (TPSA) is 79.5 Å². The zero-order valence-electron chi connectivity index (χ0n) is 14.9. The zero-order valence-corrected chi connectivity index (χ0v) is 16.5. The number of urea groups is 1. The SMILES string of the molecule is COc1ccccc1C(C)NC(=O)NCC(=O)Nc1ccc(Br)cc1C. The van der Waals surface area contributed by atoms with Gasteiger partial charge in [0.15, 0.2) is 0 Å². The maximum Gasteiger partial charge on any atom is 0.315 e. The van der Waals surface area contributed by atoms with Gasteiger partial charge in [-0.25, -0.2) is 4.79 Å². The molecule has 0 aromatic heterocycles. The standard InChI is InChI=1S/C19H22BrN3O3/c1-12-10-14(20)8-9-16(12)23-18(24)11-21-19(25)22-13(2)15-6-4-5-7-17(15)26-3/h4-10,13H,11H2,1-3H3,(H,23,24)(H2,21,22,25). The molecule has 0 aliphatic carbocycles. The molecule has 0 spiro atoms. The molecule has 0 fully saturated rings. The number of anilines is 1. The number of halogens is 1. The molecular weight excluding hydrogens is 398 g/mol. The summed E-state index contributed by atoms with van der Waals surface area (Å²) >= 11 is 3.38. The lowest BCUT2D eigenvalue weighted by Gasteiger charge is -2.17. The van der Waals surface area contributed by atoms with Crippen molar-refractivity contribution in [2.45, 2.75) is 19.9 Å². The second-order valence-electron chi connectivity index (χ2n) is 5.80. The molecular formula is C19H22BrN3O3. The van der Waals surface area contributed by atoms with Gasteiger partial charge in [-0.05, 0) is 43.7 Å². The molecule has 0 radical (unpaired) electrons. The van der Waals surface area contributed by atoms with Crippen molar-refractivity contribution in [3.63, 3.8) is 0 Å². The fourth-order valence-electron chi connectivity index (χ4n) is 2.47. The molecule has 26 heavy (non-hydrogen) atoms. The highest BCUT2D eigenvalue weighted by Crippen LogP contribution is 2.24. The van der Waals surface area contributed by atoms with E-state index in [1.165, 1.54) is 0 Å². The number of carbonyl (C=O) groups is 2. The largest absolute Gasteiger partial charge is 0.496 e. The number of amides is 3. The molecule has 2 aromatic rings. The van der Waals surface area contributed by atoms with Gasteiger partial charge in [0.05, 0.1) is 19.7 Å². The molecule has 1 unspecified atom stereocenters. The van der Waals surface area contributed by atoms with E-state index in [0.717, 1.165) is 15.6 Å². The fourth-order valence-corrected chi connectivity index (χ4v) is 2.95. The molecule has 1 atom stereocenters. The maximum absolute atomic E-state index is 12.0. The van der Waals surface area contributed by atoms with Crippen LogP contribution in [0, 0.1) is 6.92 Å². The predicted molar refractivity (Wildman–Crippen MR) is 105 cm³/mol. The van der Waals surface area contributed by atoms with E-state index in [1.807, 2.05) is 50.2 Å². The van der Waals surface area contributed by atoms with E-state index in [9.17, 15) is 9.59 Å². The highest BCUT2D eigenvalue weighted by molar-refractivity contribution is 9.10. The average molecular weight is 420 g/mol. The minimum atomic E-state index is -0.425. The first-order chi connectivity index (χ1) is 12.4. The van der Waals surface area contributed by atoms with Gasteiger partial charge in [0.1, 0.15) is 5.75 Å². The number of para-hydroxylation sites is 1. The normalized spacial score (nSPS) is 11.4. The molecule has 6 nitrogen and oxygen atoms in total. The number of nitrogens with one attached hydrogen (secondary N) is 3. The van der Waals surface area contributed by atoms with E-state index >= 15 is 0 Å². The molecule has 7 heteroatoms. The van der Waals surface area contributed by atoms with Gasteiger partial charge in [-0.1, -0.05) is 34.1 Å². The van der Waals surface area contributed by atoms with Crippen molar-refractivity contribution < 1.29 is 14.3 Å². The molecule has 0 saturated carbocycles. The highest BCUT2D eigenvalue weighted by atomic mass is 79.9. The van der Waals surface area contributed by atoms with E-state index in [1.54, 1.807) is 13.2 Å². The van der Waals surface area contributed by atoms with Crippen molar-refractivity contribution in [2.75, 3.05) is 19.0 Å². The number of aryl methyl sites for hydroxylation is 1. The third-order valence-corrected chi connectivity index (χ3v) is 4.32. The molecule has 2 rings (SSSR count). The van der Waals surface area contributed by atoms with Gasteiger partial charge in [0, 0.05) is 15.7 Å². The van der Waals surface area contributed by atoms with Crippen molar-refractivity contribution in [3.05, 3.63) is 58.1 Å². The van der Waals surface area contributed by atoms with Gasteiger partial charge >= 0.3 is 6.03 Å². The van der Waals surface area contributed by atoms with Crippen LogP contribution < -0.4 is 20.7 Å². The number of methoxy groups -OCH3 is 1. The number of hydrogen-bond donors (Lipinski definition) is 3. The Labute approximate surface area is 161 Å². The molecule has 0 aliphatic heterocycles. The van der Waals surface area contributed by atoms with Crippen LogP contribution in [0.3, 0.4) is 0 Å². The summed E-state index contributed by atoms with van der Waals surface area (Å²) in [6.45, 7) is 3.62. The Hall–Kier alpha value is -2.54. The lowest BCUT2D eigenvalue weighted by Crippen LogP contribution is -2.41. The first-order valence-corrected chi connectivity index (χ1v) is 8.93. The lowest BCUT2D eigenvalue weighted by atomic mass is 10.1. The predicted octanol–water partition coefficient (Wildman–Crippen LogP) is 3.77. The van der Waals surface area contributed by atoms with Crippen LogP contribution in [0.1, 0.15) is 24.1 Å². The molecule has 138 valence electrons. The molecule has 0 aliphatic rings. The molecule has 0 bridgehead atoms. The summed E-state index contributed by atoms with van der Waals surface area (Å²) < 4.78 is 6.23. The van der Waals surface area contributed by atoms with Gasteiger partial charge < -0.3 is 20.7 Å². The Balaban J connectivity index is 1.85. The van der Waals surface area contributed by atoms with Crippen molar-refractivity contribution in [1.29, 1.82) is 0 Å². The van der Waals surface area contributed by atoms with Crippen LogP contribution in [0.2, 0.25) is 0 Å². The Morgan fingerprint density at radius 2 is 1.92 bits per heavy atom. The quantitative estimate of drug-likeness (QED) is 0.666. The lowest BCUT2D eigenvalue weighted by molar-refractivity contribution is -0.115. The third kappa shape index (κ3) is 5.49. The molecule has 0 saturated heterocycles. The van der Waals surface area contributed by atoms with Crippen molar-refractivity contribution in [3.8, 4) is 5.75 Å². The van der Waals surface area contributed by atoms with E-state index < -0.39 is 6.03 Å². The summed E-state index contributed by atoms with van der Waals surface area (Å²) in [5.74, 6) is 0.402. The Kier molecular flexibility index (Phi) is 7.03. The second-order valence-corrected chi connectivity index (χ2v) is 6.71. The first kappa shape index (κ1) is 19.8. The van der Waals surface area contributed by atoms with Crippen LogP contribution in [0.4, 0.5) is 10.5 Å². The van der Waals surface area contributed by atoms with Gasteiger partial charge in [0.2, 0.25) is 5.91 Å². The summed E-state index contributed by atoms with van der Waals surface area (Å²) in [6.07, 6.45) is 0. The van der Waals surface area contributed by atoms with E-state index in [-0.39, 0.29) is 18.5 Å². The molecule has 3 N–H and O–H groups in total. The van der Waals surface area contributed by atoms with Gasteiger partial charge in [-0.15, -0.1) is 0 Å². The number of benzene rings is 2. The highest BCUT2D eigenvalue weighted by Gasteiger charge is 2.14. The third-order valence-electron chi connectivity index (χ3n) is 3.83. The number of ether oxygens (including phenoxy) is 1. The smallest absolute Gasteiger partial charge is 0.315 e. The van der Waals surface area contributed by atoms with Crippen molar-refractivity contribution in [2.24, 2.45) is 0 Å². The summed E-state index contributed by atoms with van der Waals surface area (Å²) in [6, 6.07) is 12.3.